The second kappa shape index (κ2) is 5.64. The van der Waals surface area contributed by atoms with Crippen molar-refractivity contribution in [3.8, 4) is 0 Å². The van der Waals surface area contributed by atoms with Crippen LogP contribution in [0, 0.1) is 6.92 Å². The number of nitrogens with one attached hydrogen (secondary N) is 1. The van der Waals surface area contributed by atoms with E-state index in [0.29, 0.717) is 6.54 Å². The van der Waals surface area contributed by atoms with Gasteiger partial charge in [-0.1, -0.05) is 0 Å². The molecule has 18 heavy (non-hydrogen) atoms. The van der Waals surface area contributed by atoms with E-state index >= 15 is 0 Å². The van der Waals surface area contributed by atoms with Crippen LogP contribution >= 0.6 is 11.3 Å². The normalized spacial score (nSPS) is 11.0. The standard InChI is InChI=1S/C13H15N3OS/c1-10-3-4-11(18-10)5-6-13(17)16(2)9-12-14-7-8-15-12/h3-8H,9H2,1-2H3,(H,14,15). The predicted octanol–water partition coefficient (Wildman–Crippen LogP) is 2.45. The summed E-state index contributed by atoms with van der Waals surface area (Å²) in [5, 5.41) is 0. The largest absolute Gasteiger partial charge is 0.347 e. The number of aromatic amines is 1. The predicted molar refractivity (Wildman–Crippen MR) is 73.2 cm³/mol. The van der Waals surface area contributed by atoms with Gasteiger partial charge < -0.3 is 9.88 Å². The molecule has 4 nitrogen and oxygen atoms in total. The van der Waals surface area contributed by atoms with Gasteiger partial charge >= 0.3 is 0 Å². The maximum absolute atomic E-state index is 11.9. The Kier molecular flexibility index (Phi) is 3.94. The first-order chi connectivity index (χ1) is 8.65. The first-order valence-electron chi connectivity index (χ1n) is 5.63. The third kappa shape index (κ3) is 3.30. The van der Waals surface area contributed by atoms with E-state index in [9.17, 15) is 4.79 Å². The van der Waals surface area contributed by atoms with E-state index in [1.165, 1.54) is 4.88 Å². The van der Waals surface area contributed by atoms with Crippen LogP contribution in [0.5, 0.6) is 0 Å². The molecule has 0 fully saturated rings. The number of hydrogen-bond donors (Lipinski definition) is 1. The van der Waals surface area contributed by atoms with Gasteiger partial charge in [-0.15, -0.1) is 11.3 Å². The number of H-pyrrole nitrogens is 1. The molecule has 1 amide bonds. The molecule has 0 aliphatic heterocycles. The molecule has 0 aromatic carbocycles. The number of amides is 1. The van der Waals surface area contributed by atoms with Crippen molar-refractivity contribution in [1.82, 2.24) is 14.9 Å². The molecule has 0 saturated heterocycles. The van der Waals surface area contributed by atoms with Crippen LogP contribution < -0.4 is 0 Å². The van der Waals surface area contributed by atoms with Gasteiger partial charge in [-0.25, -0.2) is 4.98 Å². The molecule has 0 spiro atoms. The summed E-state index contributed by atoms with van der Waals surface area (Å²) in [7, 11) is 1.76. The minimum absolute atomic E-state index is 0.0301. The second-order valence-electron chi connectivity index (χ2n) is 4.01. The van der Waals surface area contributed by atoms with Crippen LogP contribution in [0.4, 0.5) is 0 Å². The lowest BCUT2D eigenvalue weighted by Crippen LogP contribution is -2.24. The molecule has 0 atom stereocenters. The summed E-state index contributed by atoms with van der Waals surface area (Å²) in [5.41, 5.74) is 0. The van der Waals surface area contributed by atoms with Crippen LogP contribution in [0.3, 0.4) is 0 Å². The Morgan fingerprint density at radius 1 is 1.56 bits per heavy atom. The highest BCUT2D eigenvalue weighted by Gasteiger charge is 2.06. The smallest absolute Gasteiger partial charge is 0.246 e. The minimum Gasteiger partial charge on any atom is -0.347 e. The van der Waals surface area contributed by atoms with E-state index in [1.807, 2.05) is 25.1 Å². The molecule has 0 bridgehead atoms. The lowest BCUT2D eigenvalue weighted by Gasteiger charge is -2.12. The maximum Gasteiger partial charge on any atom is 0.246 e. The molecule has 94 valence electrons. The maximum atomic E-state index is 11.9. The fraction of sp³-hybridized carbons (Fsp3) is 0.231. The average Bonchev–Trinajstić information content (AvgIpc) is 2.97. The highest BCUT2D eigenvalue weighted by molar-refractivity contribution is 7.12. The van der Waals surface area contributed by atoms with Gasteiger partial charge in [0.2, 0.25) is 5.91 Å². The van der Waals surface area contributed by atoms with Crippen LogP contribution in [0.25, 0.3) is 6.08 Å². The van der Waals surface area contributed by atoms with Crippen molar-refractivity contribution in [2.45, 2.75) is 13.5 Å². The average molecular weight is 261 g/mol. The molecular formula is C13H15N3OS. The highest BCUT2D eigenvalue weighted by Crippen LogP contribution is 2.16. The fourth-order valence-corrected chi connectivity index (χ4v) is 2.29. The lowest BCUT2D eigenvalue weighted by molar-refractivity contribution is -0.125. The zero-order valence-electron chi connectivity index (χ0n) is 10.4. The van der Waals surface area contributed by atoms with Gasteiger partial charge in [0.05, 0.1) is 6.54 Å². The summed E-state index contributed by atoms with van der Waals surface area (Å²) >= 11 is 1.67. The van der Waals surface area contributed by atoms with Crippen molar-refractivity contribution < 1.29 is 4.79 Å². The molecule has 2 aromatic rings. The topological polar surface area (TPSA) is 49.0 Å². The van der Waals surface area contributed by atoms with E-state index < -0.39 is 0 Å². The van der Waals surface area contributed by atoms with Gasteiger partial charge in [0, 0.05) is 35.3 Å². The van der Waals surface area contributed by atoms with Crippen molar-refractivity contribution >= 4 is 23.3 Å². The van der Waals surface area contributed by atoms with Crippen LogP contribution in [0.1, 0.15) is 15.6 Å². The molecule has 0 aliphatic rings. The Balaban J connectivity index is 1.93. The molecular weight excluding hydrogens is 246 g/mol. The first-order valence-corrected chi connectivity index (χ1v) is 6.44. The van der Waals surface area contributed by atoms with Crippen molar-refractivity contribution in [1.29, 1.82) is 0 Å². The van der Waals surface area contributed by atoms with E-state index in [0.717, 1.165) is 10.7 Å². The van der Waals surface area contributed by atoms with Crippen LogP contribution in [0.2, 0.25) is 0 Å². The minimum atomic E-state index is -0.0301. The number of carbonyl (C=O) groups is 1. The van der Waals surface area contributed by atoms with Gasteiger partial charge in [-0.2, -0.15) is 0 Å². The SMILES string of the molecule is Cc1ccc(C=CC(=O)N(C)Cc2ncc[nH]2)s1. The van der Waals surface area contributed by atoms with E-state index in [4.69, 9.17) is 0 Å². The Bertz CT molecular complexity index is 542. The third-order valence-electron chi connectivity index (χ3n) is 2.47. The number of hydrogen-bond acceptors (Lipinski definition) is 3. The Morgan fingerprint density at radius 2 is 2.39 bits per heavy atom. The summed E-state index contributed by atoms with van der Waals surface area (Å²) in [6, 6.07) is 4.05. The number of aromatic nitrogens is 2. The Hall–Kier alpha value is -1.88. The second-order valence-corrected chi connectivity index (χ2v) is 5.33. The number of nitrogens with zero attached hydrogens (tertiary/aromatic N) is 2. The van der Waals surface area contributed by atoms with E-state index in [1.54, 1.807) is 41.8 Å². The van der Waals surface area contributed by atoms with Gasteiger partial charge in [-0.05, 0) is 25.1 Å². The number of likely N-dealkylation sites (N-methyl/N-ethyl adjacent to an activating group) is 1. The van der Waals surface area contributed by atoms with Crippen molar-refractivity contribution in [2.75, 3.05) is 7.05 Å². The summed E-state index contributed by atoms with van der Waals surface area (Å²) in [5.74, 6) is 0.753. The van der Waals surface area contributed by atoms with E-state index in [2.05, 4.69) is 9.97 Å². The number of aryl methyl sites for hydroxylation is 1. The van der Waals surface area contributed by atoms with Gasteiger partial charge in [0.1, 0.15) is 5.82 Å². The van der Waals surface area contributed by atoms with Crippen LogP contribution in [-0.4, -0.2) is 27.8 Å². The summed E-state index contributed by atoms with van der Waals surface area (Å²) in [6.07, 6.45) is 6.86. The Labute approximate surface area is 110 Å². The molecule has 0 unspecified atom stereocenters. The summed E-state index contributed by atoms with van der Waals surface area (Å²) in [4.78, 5) is 22.9. The summed E-state index contributed by atoms with van der Waals surface area (Å²) in [6.45, 7) is 2.53. The zero-order chi connectivity index (χ0) is 13.0. The monoisotopic (exact) mass is 261 g/mol. The quantitative estimate of drug-likeness (QED) is 0.859. The van der Waals surface area contributed by atoms with Crippen molar-refractivity contribution in [3.63, 3.8) is 0 Å². The summed E-state index contributed by atoms with van der Waals surface area (Å²) < 4.78 is 0. The van der Waals surface area contributed by atoms with Gasteiger partial charge in [0.25, 0.3) is 0 Å². The number of imidazole rings is 1. The van der Waals surface area contributed by atoms with Crippen molar-refractivity contribution in [3.05, 3.63) is 46.2 Å². The van der Waals surface area contributed by atoms with Crippen molar-refractivity contribution in [2.24, 2.45) is 0 Å². The highest BCUT2D eigenvalue weighted by atomic mass is 32.1. The molecule has 0 aliphatic carbocycles. The van der Waals surface area contributed by atoms with Gasteiger partial charge in [-0.3, -0.25) is 4.79 Å². The lowest BCUT2D eigenvalue weighted by atomic mass is 10.3. The van der Waals surface area contributed by atoms with Crippen LogP contribution in [-0.2, 0) is 11.3 Å². The zero-order valence-corrected chi connectivity index (χ0v) is 11.2. The van der Waals surface area contributed by atoms with Crippen LogP contribution in [0.15, 0.2) is 30.6 Å². The molecule has 2 rings (SSSR count). The molecule has 0 radical (unpaired) electrons. The first kappa shape index (κ1) is 12.6. The molecule has 0 saturated carbocycles. The molecule has 5 heteroatoms. The number of carbonyl (C=O) groups excluding carboxylic acids is 1. The number of rotatable bonds is 4. The molecule has 1 N–H and O–H groups in total. The van der Waals surface area contributed by atoms with E-state index in [-0.39, 0.29) is 5.91 Å². The molecule has 2 heterocycles. The van der Waals surface area contributed by atoms with Gasteiger partial charge in [0.15, 0.2) is 0 Å². The third-order valence-corrected chi connectivity index (χ3v) is 3.44. The molecule has 2 aromatic heterocycles. The fourth-order valence-electron chi connectivity index (χ4n) is 1.51. The number of thiophene rings is 1. The Morgan fingerprint density at radius 3 is 3.00 bits per heavy atom.